The highest BCUT2D eigenvalue weighted by atomic mass is 19.1. The fourth-order valence-electron chi connectivity index (χ4n) is 1.01. The summed E-state index contributed by atoms with van der Waals surface area (Å²) in [6.07, 6.45) is 6.35. The van der Waals surface area contributed by atoms with Crippen molar-refractivity contribution < 1.29 is 4.39 Å². The molecule has 0 atom stereocenters. The SMILES string of the molecule is CCC1=CCCC=C1F. The van der Waals surface area contributed by atoms with Crippen LogP contribution < -0.4 is 0 Å². The predicted octanol–water partition coefficient (Wildman–Crippen LogP) is 2.97. The smallest absolute Gasteiger partial charge is 0.122 e. The van der Waals surface area contributed by atoms with Gasteiger partial charge in [0.05, 0.1) is 0 Å². The Morgan fingerprint density at radius 2 is 2.11 bits per heavy atom. The first-order valence-electron chi connectivity index (χ1n) is 3.39. The molecule has 0 aliphatic heterocycles. The second-order valence-corrected chi connectivity index (χ2v) is 2.21. The number of halogens is 1. The standard InChI is InChI=1S/C8H11F/c1-2-7-5-3-4-6-8(7)9/h5-6H,2-4H2,1H3. The summed E-state index contributed by atoms with van der Waals surface area (Å²) in [7, 11) is 0. The molecule has 0 unspecified atom stereocenters. The van der Waals surface area contributed by atoms with E-state index in [4.69, 9.17) is 0 Å². The monoisotopic (exact) mass is 126 g/mol. The number of allylic oxidation sites excluding steroid dienone is 4. The van der Waals surface area contributed by atoms with Gasteiger partial charge in [0.1, 0.15) is 5.83 Å². The van der Waals surface area contributed by atoms with Crippen LogP contribution in [-0.2, 0) is 0 Å². The Kier molecular flexibility index (Phi) is 2.04. The van der Waals surface area contributed by atoms with E-state index in [1.165, 1.54) is 0 Å². The van der Waals surface area contributed by atoms with E-state index in [0.717, 1.165) is 24.8 Å². The molecule has 0 aromatic rings. The van der Waals surface area contributed by atoms with E-state index >= 15 is 0 Å². The van der Waals surface area contributed by atoms with Gasteiger partial charge in [0.15, 0.2) is 0 Å². The molecule has 50 valence electrons. The summed E-state index contributed by atoms with van der Waals surface area (Å²) in [5.74, 6) is -0.0104. The molecular weight excluding hydrogens is 115 g/mol. The molecule has 0 aromatic carbocycles. The van der Waals surface area contributed by atoms with Crippen LogP contribution in [0.4, 0.5) is 4.39 Å². The molecule has 9 heavy (non-hydrogen) atoms. The molecule has 0 aromatic heterocycles. The zero-order valence-corrected chi connectivity index (χ0v) is 5.65. The molecule has 1 aliphatic rings. The van der Waals surface area contributed by atoms with Gasteiger partial charge in [0.2, 0.25) is 0 Å². The third-order valence-corrected chi connectivity index (χ3v) is 1.57. The minimum Gasteiger partial charge on any atom is -0.207 e. The number of rotatable bonds is 1. The van der Waals surface area contributed by atoms with Crippen LogP contribution in [0, 0.1) is 0 Å². The van der Waals surface area contributed by atoms with Crippen molar-refractivity contribution in [3.8, 4) is 0 Å². The maximum absolute atomic E-state index is 12.6. The third kappa shape index (κ3) is 1.41. The van der Waals surface area contributed by atoms with E-state index in [9.17, 15) is 4.39 Å². The van der Waals surface area contributed by atoms with E-state index in [-0.39, 0.29) is 5.83 Å². The lowest BCUT2D eigenvalue weighted by Gasteiger charge is -2.05. The van der Waals surface area contributed by atoms with Gasteiger partial charge in [-0.2, -0.15) is 0 Å². The average molecular weight is 126 g/mol. The first-order valence-corrected chi connectivity index (χ1v) is 3.39. The maximum Gasteiger partial charge on any atom is 0.122 e. The molecule has 1 rings (SSSR count). The van der Waals surface area contributed by atoms with Gasteiger partial charge in [0.25, 0.3) is 0 Å². The number of hydrogen-bond donors (Lipinski definition) is 0. The highest BCUT2D eigenvalue weighted by Gasteiger charge is 2.03. The van der Waals surface area contributed by atoms with Crippen LogP contribution in [-0.4, -0.2) is 0 Å². The third-order valence-electron chi connectivity index (χ3n) is 1.57. The van der Waals surface area contributed by atoms with Crippen molar-refractivity contribution in [3.05, 3.63) is 23.6 Å². The Morgan fingerprint density at radius 1 is 1.44 bits per heavy atom. The van der Waals surface area contributed by atoms with Gasteiger partial charge in [-0.15, -0.1) is 0 Å². The summed E-state index contributed by atoms with van der Waals surface area (Å²) >= 11 is 0. The topological polar surface area (TPSA) is 0 Å². The molecule has 1 aliphatic carbocycles. The normalized spacial score (nSPS) is 18.9. The van der Waals surface area contributed by atoms with Crippen LogP contribution in [0.25, 0.3) is 0 Å². The van der Waals surface area contributed by atoms with Gasteiger partial charge in [0, 0.05) is 0 Å². The quantitative estimate of drug-likeness (QED) is 0.506. The lowest BCUT2D eigenvalue weighted by molar-refractivity contribution is 0.626. The molecule has 0 saturated carbocycles. The van der Waals surface area contributed by atoms with Crippen molar-refractivity contribution in [2.75, 3.05) is 0 Å². The molecule has 0 nitrogen and oxygen atoms in total. The lowest BCUT2D eigenvalue weighted by atomic mass is 10.0. The van der Waals surface area contributed by atoms with Crippen LogP contribution in [0.5, 0.6) is 0 Å². The van der Waals surface area contributed by atoms with Crippen molar-refractivity contribution in [1.82, 2.24) is 0 Å². The largest absolute Gasteiger partial charge is 0.207 e. The highest BCUT2D eigenvalue weighted by Crippen LogP contribution is 2.21. The molecule has 0 radical (unpaired) electrons. The summed E-state index contributed by atoms with van der Waals surface area (Å²) in [5.41, 5.74) is 0.876. The molecule has 1 heteroatoms. The maximum atomic E-state index is 12.6. The van der Waals surface area contributed by atoms with E-state index in [2.05, 4.69) is 0 Å². The van der Waals surface area contributed by atoms with Crippen molar-refractivity contribution in [2.45, 2.75) is 26.2 Å². The minimum absolute atomic E-state index is 0.0104. The molecule has 0 bridgehead atoms. The Balaban J connectivity index is 2.68. The molecule has 0 spiro atoms. The average Bonchev–Trinajstić information content (AvgIpc) is 1.89. The molecule has 0 N–H and O–H groups in total. The Bertz CT molecular complexity index is 154. The Hall–Kier alpha value is -0.590. The summed E-state index contributed by atoms with van der Waals surface area (Å²) in [5, 5.41) is 0. The van der Waals surface area contributed by atoms with Gasteiger partial charge < -0.3 is 0 Å². The van der Waals surface area contributed by atoms with Crippen LogP contribution in [0.2, 0.25) is 0 Å². The van der Waals surface area contributed by atoms with Crippen LogP contribution in [0.1, 0.15) is 26.2 Å². The van der Waals surface area contributed by atoms with E-state index in [1.807, 2.05) is 13.0 Å². The second kappa shape index (κ2) is 2.81. The van der Waals surface area contributed by atoms with E-state index < -0.39 is 0 Å². The first-order chi connectivity index (χ1) is 4.34. The molecule has 0 amide bonds. The zero-order chi connectivity index (χ0) is 6.69. The summed E-state index contributed by atoms with van der Waals surface area (Å²) in [6.45, 7) is 1.98. The van der Waals surface area contributed by atoms with Gasteiger partial charge in [-0.1, -0.05) is 13.0 Å². The summed E-state index contributed by atoms with van der Waals surface area (Å²) < 4.78 is 12.6. The molecule has 0 saturated heterocycles. The van der Waals surface area contributed by atoms with Gasteiger partial charge in [-0.3, -0.25) is 0 Å². The van der Waals surface area contributed by atoms with E-state index in [0.29, 0.717) is 0 Å². The Labute approximate surface area is 55.1 Å². The van der Waals surface area contributed by atoms with E-state index in [1.54, 1.807) is 6.08 Å². The molecular formula is C8H11F. The Morgan fingerprint density at radius 3 is 2.56 bits per heavy atom. The van der Waals surface area contributed by atoms with Crippen molar-refractivity contribution >= 4 is 0 Å². The van der Waals surface area contributed by atoms with Gasteiger partial charge in [-0.05, 0) is 30.9 Å². The lowest BCUT2D eigenvalue weighted by Crippen LogP contribution is -1.87. The van der Waals surface area contributed by atoms with Gasteiger partial charge >= 0.3 is 0 Å². The fourth-order valence-corrected chi connectivity index (χ4v) is 1.01. The molecule has 0 heterocycles. The van der Waals surface area contributed by atoms with Crippen LogP contribution in [0.15, 0.2) is 23.6 Å². The predicted molar refractivity (Wildman–Crippen MR) is 36.8 cm³/mol. The van der Waals surface area contributed by atoms with Crippen molar-refractivity contribution in [2.24, 2.45) is 0 Å². The van der Waals surface area contributed by atoms with Crippen molar-refractivity contribution in [1.29, 1.82) is 0 Å². The first kappa shape index (κ1) is 6.53. The van der Waals surface area contributed by atoms with Crippen LogP contribution >= 0.6 is 0 Å². The highest BCUT2D eigenvalue weighted by molar-refractivity contribution is 5.27. The summed E-state index contributed by atoms with van der Waals surface area (Å²) in [4.78, 5) is 0. The number of hydrogen-bond acceptors (Lipinski definition) is 0. The summed E-state index contributed by atoms with van der Waals surface area (Å²) in [6, 6.07) is 0. The fraction of sp³-hybridized carbons (Fsp3) is 0.500. The van der Waals surface area contributed by atoms with Crippen molar-refractivity contribution in [3.63, 3.8) is 0 Å². The second-order valence-electron chi connectivity index (χ2n) is 2.21. The zero-order valence-electron chi connectivity index (χ0n) is 5.65. The van der Waals surface area contributed by atoms with Gasteiger partial charge in [-0.25, -0.2) is 4.39 Å². The molecule has 0 fully saturated rings. The van der Waals surface area contributed by atoms with Crippen LogP contribution in [0.3, 0.4) is 0 Å². The minimum atomic E-state index is -0.0104.